The number of thiophene rings is 1. The highest BCUT2D eigenvalue weighted by Gasteiger charge is 2.22. The Labute approximate surface area is 144 Å². The number of methoxy groups -OCH3 is 1. The van der Waals surface area contributed by atoms with Gasteiger partial charge in [-0.3, -0.25) is 0 Å². The molecular weight excluding hydrogens is 328 g/mol. The molecule has 0 radical (unpaired) electrons. The number of carbonyl (C=O) groups excluding carboxylic acids is 1. The van der Waals surface area contributed by atoms with Gasteiger partial charge in [-0.2, -0.15) is 11.8 Å². The maximum absolute atomic E-state index is 12.4. The third-order valence-electron chi connectivity index (χ3n) is 3.83. The summed E-state index contributed by atoms with van der Waals surface area (Å²) >= 11 is 3.75. The van der Waals surface area contributed by atoms with Crippen LogP contribution in [-0.4, -0.2) is 36.9 Å². The fourth-order valence-corrected chi connectivity index (χ4v) is 4.79. The van der Waals surface area contributed by atoms with E-state index in [2.05, 4.69) is 22.8 Å². The molecule has 3 rings (SSSR count). The summed E-state index contributed by atoms with van der Waals surface area (Å²) in [6.45, 7) is 1.58. The van der Waals surface area contributed by atoms with E-state index in [1.807, 2.05) is 40.9 Å². The molecule has 1 atom stereocenters. The first-order valence-electron chi connectivity index (χ1n) is 7.61. The van der Waals surface area contributed by atoms with Crippen LogP contribution in [0.15, 0.2) is 41.8 Å². The van der Waals surface area contributed by atoms with E-state index in [9.17, 15) is 4.79 Å². The molecular formula is C17H20N2O2S2. The lowest BCUT2D eigenvalue weighted by Crippen LogP contribution is -2.36. The van der Waals surface area contributed by atoms with Gasteiger partial charge in [-0.15, -0.1) is 11.3 Å². The molecule has 1 unspecified atom stereocenters. The predicted octanol–water partition coefficient (Wildman–Crippen LogP) is 4.47. The van der Waals surface area contributed by atoms with Crippen LogP contribution in [0.1, 0.15) is 16.5 Å². The Morgan fingerprint density at radius 1 is 1.26 bits per heavy atom. The zero-order valence-corrected chi connectivity index (χ0v) is 14.7. The first kappa shape index (κ1) is 16.2. The Hall–Kier alpha value is -1.66. The summed E-state index contributed by atoms with van der Waals surface area (Å²) in [7, 11) is 1.63. The summed E-state index contributed by atoms with van der Waals surface area (Å²) in [5.41, 5.74) is 0.794. The van der Waals surface area contributed by atoms with Gasteiger partial charge in [-0.1, -0.05) is 6.07 Å². The highest BCUT2D eigenvalue weighted by Crippen LogP contribution is 2.36. The van der Waals surface area contributed by atoms with Crippen LogP contribution in [0.5, 0.6) is 5.75 Å². The van der Waals surface area contributed by atoms with Crippen molar-refractivity contribution in [3.8, 4) is 5.75 Å². The van der Waals surface area contributed by atoms with Crippen molar-refractivity contribution in [3.05, 3.63) is 46.7 Å². The molecule has 6 heteroatoms. The van der Waals surface area contributed by atoms with Gasteiger partial charge < -0.3 is 15.0 Å². The predicted molar refractivity (Wildman–Crippen MR) is 97.7 cm³/mol. The molecule has 1 fully saturated rings. The van der Waals surface area contributed by atoms with Crippen molar-refractivity contribution in [2.45, 2.75) is 11.7 Å². The van der Waals surface area contributed by atoms with Crippen LogP contribution >= 0.6 is 23.1 Å². The van der Waals surface area contributed by atoms with E-state index in [-0.39, 0.29) is 6.03 Å². The smallest absolute Gasteiger partial charge is 0.321 e. The molecule has 1 aliphatic rings. The number of thioether (sulfide) groups is 1. The monoisotopic (exact) mass is 348 g/mol. The van der Waals surface area contributed by atoms with Crippen LogP contribution in [0.2, 0.25) is 0 Å². The molecule has 1 N–H and O–H groups in total. The zero-order chi connectivity index (χ0) is 16.1. The van der Waals surface area contributed by atoms with Crippen LogP contribution in [0.25, 0.3) is 0 Å². The summed E-state index contributed by atoms with van der Waals surface area (Å²) < 4.78 is 5.13. The quantitative estimate of drug-likeness (QED) is 0.890. The number of hydrogen-bond donors (Lipinski definition) is 1. The molecule has 0 bridgehead atoms. The van der Waals surface area contributed by atoms with E-state index in [4.69, 9.17) is 4.74 Å². The Morgan fingerprint density at radius 3 is 2.78 bits per heavy atom. The van der Waals surface area contributed by atoms with Crippen molar-refractivity contribution >= 4 is 34.8 Å². The van der Waals surface area contributed by atoms with E-state index in [1.54, 1.807) is 18.4 Å². The van der Waals surface area contributed by atoms with E-state index in [0.29, 0.717) is 5.25 Å². The third-order valence-corrected chi connectivity index (χ3v) is 6.28. The number of nitrogens with zero attached hydrogens (tertiary/aromatic N) is 1. The summed E-state index contributed by atoms with van der Waals surface area (Å²) in [5.74, 6) is 1.76. The van der Waals surface area contributed by atoms with E-state index in [0.717, 1.165) is 36.7 Å². The Morgan fingerprint density at radius 2 is 2.09 bits per heavy atom. The largest absolute Gasteiger partial charge is 0.497 e. The van der Waals surface area contributed by atoms with Crippen molar-refractivity contribution in [1.29, 1.82) is 0 Å². The molecule has 0 aliphatic carbocycles. The van der Waals surface area contributed by atoms with Gasteiger partial charge in [0.1, 0.15) is 5.75 Å². The summed E-state index contributed by atoms with van der Waals surface area (Å²) in [6.07, 6.45) is 1.00. The summed E-state index contributed by atoms with van der Waals surface area (Å²) in [5, 5.41) is 5.59. The standard InChI is InChI=1S/C17H20N2O2S2/c1-21-14-6-4-13(5-7-14)18-17(20)19-9-8-16(23-12-10-19)15-3-2-11-22-15/h2-7,11,16H,8-10,12H2,1H3,(H,18,20). The molecule has 1 saturated heterocycles. The van der Waals surface area contributed by atoms with Gasteiger partial charge in [-0.25, -0.2) is 4.79 Å². The SMILES string of the molecule is COc1ccc(NC(=O)N2CCSC(c3cccs3)CC2)cc1. The van der Waals surface area contributed by atoms with Crippen LogP contribution < -0.4 is 10.1 Å². The minimum absolute atomic E-state index is 0.0254. The molecule has 1 aliphatic heterocycles. The van der Waals surface area contributed by atoms with Crippen LogP contribution in [0.3, 0.4) is 0 Å². The van der Waals surface area contributed by atoms with Crippen molar-refractivity contribution in [2.75, 3.05) is 31.3 Å². The highest BCUT2D eigenvalue weighted by atomic mass is 32.2. The van der Waals surface area contributed by atoms with Crippen molar-refractivity contribution in [3.63, 3.8) is 0 Å². The first-order chi connectivity index (χ1) is 11.3. The second-order valence-corrected chi connectivity index (χ2v) is 7.60. The Balaban J connectivity index is 1.57. The highest BCUT2D eigenvalue weighted by molar-refractivity contribution is 7.99. The Bertz CT molecular complexity index is 629. The zero-order valence-electron chi connectivity index (χ0n) is 13.0. The van der Waals surface area contributed by atoms with E-state index >= 15 is 0 Å². The molecule has 1 aromatic carbocycles. The maximum atomic E-state index is 12.4. The van der Waals surface area contributed by atoms with Crippen LogP contribution in [-0.2, 0) is 0 Å². The third kappa shape index (κ3) is 4.20. The second-order valence-electron chi connectivity index (χ2n) is 5.31. The molecule has 2 aromatic rings. The number of urea groups is 1. The molecule has 0 saturated carbocycles. The van der Waals surface area contributed by atoms with Gasteiger partial charge in [-0.05, 0) is 42.1 Å². The number of anilines is 1. The fraction of sp³-hybridized carbons (Fsp3) is 0.353. The van der Waals surface area contributed by atoms with Gasteiger partial charge in [0, 0.05) is 34.7 Å². The normalized spacial score (nSPS) is 18.3. The number of rotatable bonds is 3. The fourth-order valence-electron chi connectivity index (χ4n) is 2.55. The van der Waals surface area contributed by atoms with Crippen LogP contribution in [0.4, 0.5) is 10.5 Å². The van der Waals surface area contributed by atoms with Crippen molar-refractivity contribution in [2.24, 2.45) is 0 Å². The first-order valence-corrected chi connectivity index (χ1v) is 9.54. The summed E-state index contributed by atoms with van der Waals surface area (Å²) in [6, 6.07) is 11.7. The number of ether oxygens (including phenoxy) is 1. The van der Waals surface area contributed by atoms with E-state index in [1.165, 1.54) is 4.88 Å². The maximum Gasteiger partial charge on any atom is 0.321 e. The van der Waals surface area contributed by atoms with Crippen molar-refractivity contribution < 1.29 is 9.53 Å². The molecule has 23 heavy (non-hydrogen) atoms. The number of carbonyl (C=O) groups is 1. The minimum atomic E-state index is -0.0254. The molecule has 2 amide bonds. The summed E-state index contributed by atoms with van der Waals surface area (Å²) in [4.78, 5) is 15.8. The molecule has 0 spiro atoms. The lowest BCUT2D eigenvalue weighted by molar-refractivity contribution is 0.215. The van der Waals surface area contributed by atoms with Crippen LogP contribution in [0, 0.1) is 0 Å². The number of amides is 2. The lowest BCUT2D eigenvalue weighted by Gasteiger charge is -2.20. The lowest BCUT2D eigenvalue weighted by atomic mass is 10.2. The minimum Gasteiger partial charge on any atom is -0.497 e. The van der Waals surface area contributed by atoms with Gasteiger partial charge in [0.25, 0.3) is 0 Å². The average molecular weight is 348 g/mol. The average Bonchev–Trinajstić information content (AvgIpc) is 3.00. The van der Waals surface area contributed by atoms with Gasteiger partial charge in [0.15, 0.2) is 0 Å². The van der Waals surface area contributed by atoms with Gasteiger partial charge >= 0.3 is 6.03 Å². The topological polar surface area (TPSA) is 41.6 Å². The van der Waals surface area contributed by atoms with Crippen molar-refractivity contribution in [1.82, 2.24) is 4.90 Å². The molecule has 4 nitrogen and oxygen atoms in total. The molecule has 122 valence electrons. The van der Waals surface area contributed by atoms with Gasteiger partial charge in [0.05, 0.1) is 7.11 Å². The number of nitrogens with one attached hydrogen (secondary N) is 1. The second kappa shape index (κ2) is 7.75. The number of hydrogen-bond acceptors (Lipinski definition) is 4. The van der Waals surface area contributed by atoms with Gasteiger partial charge in [0.2, 0.25) is 0 Å². The molecule has 1 aromatic heterocycles. The van der Waals surface area contributed by atoms with E-state index < -0.39 is 0 Å². The Kier molecular flexibility index (Phi) is 5.46. The molecule has 2 heterocycles. The number of benzene rings is 1.